The molecule has 31 heavy (non-hydrogen) atoms. The minimum atomic E-state index is -0.666. The van der Waals surface area contributed by atoms with Crippen molar-refractivity contribution in [1.29, 1.82) is 0 Å². The molecule has 0 aromatic heterocycles. The molecule has 0 aliphatic rings. The van der Waals surface area contributed by atoms with E-state index in [1.165, 1.54) is 16.7 Å². The molecule has 1 N–H and O–H groups in total. The monoisotopic (exact) mass is 500 g/mol. The van der Waals surface area contributed by atoms with Gasteiger partial charge in [-0.25, -0.2) is 0 Å². The average Bonchev–Trinajstić information content (AvgIpc) is 2.73. The lowest BCUT2D eigenvalue weighted by Gasteiger charge is -2.30. The van der Waals surface area contributed by atoms with Crippen molar-refractivity contribution < 1.29 is 9.59 Å². The van der Waals surface area contributed by atoms with Gasteiger partial charge in [-0.3, -0.25) is 9.59 Å². The number of thioether (sulfide) groups is 1. The SMILES string of the molecule is CC[C@@H](C)NC(=O)[C@@H](C)N(Cc1c(Cl)cccc1Cl)C(=O)CSCc1cccc(Cl)c1. The molecule has 0 saturated heterocycles. The second kappa shape index (κ2) is 12.6. The predicted molar refractivity (Wildman–Crippen MR) is 132 cm³/mol. The Bertz CT molecular complexity index is 890. The largest absolute Gasteiger partial charge is 0.352 e. The highest BCUT2D eigenvalue weighted by Crippen LogP contribution is 2.27. The van der Waals surface area contributed by atoms with E-state index in [1.54, 1.807) is 25.1 Å². The molecular formula is C23H27Cl3N2O2S. The summed E-state index contributed by atoms with van der Waals surface area (Å²) >= 11 is 20.2. The molecule has 168 valence electrons. The van der Waals surface area contributed by atoms with Crippen LogP contribution < -0.4 is 5.32 Å². The Morgan fingerprint density at radius 1 is 1.06 bits per heavy atom. The maximum Gasteiger partial charge on any atom is 0.242 e. The Hall–Kier alpha value is -1.40. The van der Waals surface area contributed by atoms with Crippen molar-refractivity contribution in [2.45, 2.75) is 51.6 Å². The van der Waals surface area contributed by atoms with Crippen LogP contribution in [0.4, 0.5) is 0 Å². The fraction of sp³-hybridized carbons (Fsp3) is 0.391. The van der Waals surface area contributed by atoms with Gasteiger partial charge in [-0.05, 0) is 50.1 Å². The lowest BCUT2D eigenvalue weighted by atomic mass is 10.1. The number of carbonyl (C=O) groups excluding carboxylic acids is 2. The summed E-state index contributed by atoms with van der Waals surface area (Å²) < 4.78 is 0. The van der Waals surface area contributed by atoms with Crippen LogP contribution in [-0.2, 0) is 21.9 Å². The van der Waals surface area contributed by atoms with Crippen molar-refractivity contribution in [3.8, 4) is 0 Å². The van der Waals surface area contributed by atoms with Gasteiger partial charge in [0.05, 0.1) is 5.75 Å². The first kappa shape index (κ1) is 25.9. The summed E-state index contributed by atoms with van der Waals surface area (Å²) in [5.74, 6) is 0.496. The van der Waals surface area contributed by atoms with Crippen molar-refractivity contribution >= 4 is 58.4 Å². The van der Waals surface area contributed by atoms with Gasteiger partial charge in [0.25, 0.3) is 0 Å². The van der Waals surface area contributed by atoms with Crippen LogP contribution in [0, 0.1) is 0 Å². The standard InChI is InChI=1S/C23H27Cl3N2O2S/c1-4-15(2)27-23(30)16(3)28(12-19-20(25)9-6-10-21(19)26)22(29)14-31-13-17-7-5-8-18(24)11-17/h5-11,15-16H,4,12-14H2,1-3H3,(H,27,30)/t15-,16-/m1/s1. The normalized spacial score (nSPS) is 12.8. The smallest absolute Gasteiger partial charge is 0.242 e. The van der Waals surface area contributed by atoms with Crippen LogP contribution in [0.1, 0.15) is 38.3 Å². The first-order valence-corrected chi connectivity index (χ1v) is 12.4. The molecule has 4 nitrogen and oxygen atoms in total. The highest BCUT2D eigenvalue weighted by atomic mass is 35.5. The predicted octanol–water partition coefficient (Wildman–Crippen LogP) is 6.21. The summed E-state index contributed by atoms with van der Waals surface area (Å²) in [6, 6.07) is 12.1. The van der Waals surface area contributed by atoms with Gasteiger partial charge in [-0.1, -0.05) is 59.9 Å². The molecule has 0 saturated carbocycles. The molecule has 2 amide bonds. The van der Waals surface area contributed by atoms with Gasteiger partial charge < -0.3 is 10.2 Å². The lowest BCUT2D eigenvalue weighted by molar-refractivity contribution is -0.138. The number of carbonyl (C=O) groups is 2. The molecular weight excluding hydrogens is 475 g/mol. The minimum Gasteiger partial charge on any atom is -0.352 e. The zero-order valence-corrected chi connectivity index (χ0v) is 20.9. The topological polar surface area (TPSA) is 49.4 Å². The Balaban J connectivity index is 2.15. The second-order valence-corrected chi connectivity index (χ2v) is 9.57. The van der Waals surface area contributed by atoms with Crippen molar-refractivity contribution in [3.63, 3.8) is 0 Å². The van der Waals surface area contributed by atoms with Crippen LogP contribution in [0.15, 0.2) is 42.5 Å². The molecule has 0 spiro atoms. The lowest BCUT2D eigenvalue weighted by Crippen LogP contribution is -2.50. The van der Waals surface area contributed by atoms with Gasteiger partial charge >= 0.3 is 0 Å². The van der Waals surface area contributed by atoms with Crippen LogP contribution in [0.25, 0.3) is 0 Å². The highest BCUT2D eigenvalue weighted by Gasteiger charge is 2.27. The number of rotatable bonds is 10. The van der Waals surface area contributed by atoms with E-state index >= 15 is 0 Å². The molecule has 0 aliphatic carbocycles. The molecule has 0 aliphatic heterocycles. The molecule has 2 aromatic carbocycles. The fourth-order valence-corrected chi connectivity index (χ4v) is 4.46. The molecule has 0 unspecified atom stereocenters. The first-order chi connectivity index (χ1) is 14.7. The second-order valence-electron chi connectivity index (χ2n) is 7.34. The van der Waals surface area contributed by atoms with Crippen LogP contribution >= 0.6 is 46.6 Å². The summed E-state index contributed by atoms with van der Waals surface area (Å²) in [5.41, 5.74) is 1.66. The number of hydrogen-bond acceptors (Lipinski definition) is 3. The maximum absolute atomic E-state index is 13.1. The van der Waals surface area contributed by atoms with Crippen molar-refractivity contribution in [1.82, 2.24) is 10.2 Å². The first-order valence-electron chi connectivity index (χ1n) is 10.1. The number of hydrogen-bond donors (Lipinski definition) is 1. The zero-order valence-electron chi connectivity index (χ0n) is 17.8. The number of nitrogens with one attached hydrogen (secondary N) is 1. The van der Waals surface area contributed by atoms with E-state index in [2.05, 4.69) is 5.32 Å². The zero-order chi connectivity index (χ0) is 23.0. The van der Waals surface area contributed by atoms with Gasteiger partial charge in [0.1, 0.15) is 6.04 Å². The third kappa shape index (κ3) is 7.90. The molecule has 0 bridgehead atoms. The molecule has 2 aromatic rings. The number of halogens is 3. The van der Waals surface area contributed by atoms with Crippen molar-refractivity contribution in [2.75, 3.05) is 5.75 Å². The molecule has 2 atom stereocenters. The molecule has 2 rings (SSSR count). The molecule has 0 fully saturated rings. The Labute approximate surface area is 203 Å². The van der Waals surface area contributed by atoms with E-state index in [0.29, 0.717) is 26.4 Å². The Morgan fingerprint density at radius 2 is 1.71 bits per heavy atom. The van der Waals surface area contributed by atoms with Crippen LogP contribution in [-0.4, -0.2) is 34.6 Å². The molecule has 0 heterocycles. The summed E-state index contributed by atoms with van der Waals surface area (Å²) in [5, 5.41) is 4.54. The quantitative estimate of drug-likeness (QED) is 0.421. The minimum absolute atomic E-state index is 0.0213. The number of amides is 2. The van der Waals surface area contributed by atoms with E-state index in [4.69, 9.17) is 34.8 Å². The number of benzene rings is 2. The summed E-state index contributed by atoms with van der Waals surface area (Å²) in [7, 11) is 0. The van der Waals surface area contributed by atoms with Gasteiger partial charge in [-0.15, -0.1) is 11.8 Å². The van der Waals surface area contributed by atoms with E-state index < -0.39 is 6.04 Å². The fourth-order valence-electron chi connectivity index (χ4n) is 2.87. The number of nitrogens with zero attached hydrogens (tertiary/aromatic N) is 1. The molecule has 0 radical (unpaired) electrons. The van der Waals surface area contributed by atoms with E-state index in [1.807, 2.05) is 38.1 Å². The summed E-state index contributed by atoms with van der Waals surface area (Å²) in [6.45, 7) is 5.81. The average molecular weight is 502 g/mol. The van der Waals surface area contributed by atoms with Gasteiger partial charge in [0, 0.05) is 39.0 Å². The Kier molecular flexibility index (Phi) is 10.5. The van der Waals surface area contributed by atoms with Crippen LogP contribution in [0.2, 0.25) is 15.1 Å². The highest BCUT2D eigenvalue weighted by molar-refractivity contribution is 7.99. The third-order valence-electron chi connectivity index (χ3n) is 4.94. The van der Waals surface area contributed by atoms with Crippen LogP contribution in [0.5, 0.6) is 0 Å². The maximum atomic E-state index is 13.1. The van der Waals surface area contributed by atoms with Gasteiger partial charge in [0.15, 0.2) is 0 Å². The van der Waals surface area contributed by atoms with Gasteiger partial charge in [0.2, 0.25) is 11.8 Å². The Morgan fingerprint density at radius 3 is 2.32 bits per heavy atom. The van der Waals surface area contributed by atoms with E-state index in [-0.39, 0.29) is 30.2 Å². The molecule has 8 heteroatoms. The van der Waals surface area contributed by atoms with E-state index in [9.17, 15) is 9.59 Å². The summed E-state index contributed by atoms with van der Waals surface area (Å²) in [6.07, 6.45) is 0.804. The van der Waals surface area contributed by atoms with Gasteiger partial charge in [-0.2, -0.15) is 0 Å². The van der Waals surface area contributed by atoms with Crippen molar-refractivity contribution in [3.05, 3.63) is 68.7 Å². The summed E-state index contributed by atoms with van der Waals surface area (Å²) in [4.78, 5) is 27.4. The van der Waals surface area contributed by atoms with E-state index in [0.717, 1.165) is 12.0 Å². The van der Waals surface area contributed by atoms with Crippen molar-refractivity contribution in [2.24, 2.45) is 0 Å². The third-order valence-corrected chi connectivity index (χ3v) is 6.87. The van der Waals surface area contributed by atoms with Crippen LogP contribution in [0.3, 0.4) is 0 Å².